The normalized spacial score (nSPS) is 20.5. The molecule has 7 heteroatoms. The number of hydrogen-bond donors (Lipinski definition) is 0. The van der Waals surface area contributed by atoms with Crippen LogP contribution >= 0.6 is 0 Å². The summed E-state index contributed by atoms with van der Waals surface area (Å²) in [4.78, 5) is 15.0. The second-order valence-electron chi connectivity index (χ2n) is 7.82. The predicted octanol–water partition coefficient (Wildman–Crippen LogP) is 3.44. The molecule has 1 aromatic carbocycles. The van der Waals surface area contributed by atoms with E-state index in [1.54, 1.807) is 0 Å². The van der Waals surface area contributed by atoms with Gasteiger partial charge in [0.05, 0.1) is 12.6 Å². The third kappa shape index (κ3) is 2.73. The molecule has 0 saturated carbocycles. The number of benzene rings is 1. The Labute approximate surface area is 163 Å². The number of carbonyl (C=O) groups is 1. The van der Waals surface area contributed by atoms with Gasteiger partial charge < -0.3 is 18.6 Å². The van der Waals surface area contributed by atoms with Gasteiger partial charge in [-0.3, -0.25) is 4.79 Å². The molecule has 1 atom stereocenters. The van der Waals surface area contributed by atoms with E-state index in [-0.39, 0.29) is 11.9 Å². The van der Waals surface area contributed by atoms with E-state index in [2.05, 4.69) is 21.7 Å². The highest BCUT2D eigenvalue weighted by atomic mass is 16.5. The van der Waals surface area contributed by atoms with Gasteiger partial charge in [0.2, 0.25) is 0 Å². The molecule has 0 spiro atoms. The van der Waals surface area contributed by atoms with E-state index in [1.165, 1.54) is 0 Å². The number of amides is 1. The third-order valence-corrected chi connectivity index (χ3v) is 5.96. The number of furan rings is 1. The van der Waals surface area contributed by atoms with Gasteiger partial charge in [-0.15, -0.1) is 10.2 Å². The van der Waals surface area contributed by atoms with Crippen molar-refractivity contribution in [2.45, 2.75) is 45.2 Å². The van der Waals surface area contributed by atoms with Crippen molar-refractivity contribution in [1.29, 1.82) is 0 Å². The molecule has 0 radical (unpaired) electrons. The predicted molar refractivity (Wildman–Crippen MR) is 103 cm³/mol. The van der Waals surface area contributed by atoms with Gasteiger partial charge in [-0.1, -0.05) is 18.2 Å². The Balaban J connectivity index is 1.43. The first-order chi connectivity index (χ1) is 13.6. The number of aryl methyl sites for hydroxylation is 1. The van der Waals surface area contributed by atoms with Crippen LogP contribution in [0.1, 0.15) is 59.5 Å². The quantitative estimate of drug-likeness (QED) is 0.681. The number of nitrogens with zero attached hydrogens (tertiary/aromatic N) is 4. The molecule has 0 aliphatic carbocycles. The molecule has 0 N–H and O–H groups in total. The zero-order chi connectivity index (χ0) is 19.3. The molecule has 7 nitrogen and oxygen atoms in total. The molecule has 2 aromatic heterocycles. The topological polar surface area (TPSA) is 73.4 Å². The molecular formula is C21H24N4O3. The van der Waals surface area contributed by atoms with Gasteiger partial charge in [0.1, 0.15) is 11.4 Å². The first-order valence-electron chi connectivity index (χ1n) is 9.92. The lowest BCUT2D eigenvalue weighted by Crippen LogP contribution is -2.41. The van der Waals surface area contributed by atoms with E-state index in [9.17, 15) is 4.79 Å². The Kier molecular flexibility index (Phi) is 4.19. The van der Waals surface area contributed by atoms with Crippen LogP contribution in [0.25, 0.3) is 11.0 Å². The molecule has 4 heterocycles. The minimum absolute atomic E-state index is 0.0811. The summed E-state index contributed by atoms with van der Waals surface area (Å²) in [5.41, 5.74) is 1.64. The minimum Gasteiger partial charge on any atom is -0.451 e. The second-order valence-corrected chi connectivity index (χ2v) is 7.82. The highest BCUT2D eigenvalue weighted by Gasteiger charge is 2.34. The second kappa shape index (κ2) is 6.74. The zero-order valence-electron chi connectivity index (χ0n) is 16.2. The monoisotopic (exact) mass is 380 g/mol. The van der Waals surface area contributed by atoms with Gasteiger partial charge in [-0.05, 0) is 32.8 Å². The molecule has 146 valence electrons. The maximum atomic E-state index is 13.2. The fraction of sp³-hybridized carbons (Fsp3) is 0.476. The Bertz CT molecular complexity index is 1030. The number of para-hydroxylation sites is 1. The summed E-state index contributed by atoms with van der Waals surface area (Å²) < 4.78 is 13.6. The van der Waals surface area contributed by atoms with E-state index in [0.29, 0.717) is 24.8 Å². The number of hydrogen-bond acceptors (Lipinski definition) is 5. The van der Waals surface area contributed by atoms with Crippen LogP contribution in [0.2, 0.25) is 0 Å². The lowest BCUT2D eigenvalue weighted by atomic mass is 9.99. The minimum atomic E-state index is -0.0811. The van der Waals surface area contributed by atoms with E-state index in [4.69, 9.17) is 9.15 Å². The molecule has 0 bridgehead atoms. The summed E-state index contributed by atoms with van der Waals surface area (Å²) in [5, 5.41) is 9.90. The van der Waals surface area contributed by atoms with Gasteiger partial charge in [0.15, 0.2) is 11.6 Å². The molecule has 5 rings (SSSR count). The summed E-state index contributed by atoms with van der Waals surface area (Å²) in [6.45, 7) is 6.69. The van der Waals surface area contributed by atoms with Crippen LogP contribution in [-0.4, -0.2) is 45.3 Å². The van der Waals surface area contributed by atoms with Crippen molar-refractivity contribution in [1.82, 2.24) is 19.7 Å². The standard InChI is InChI=1S/C21H24N4O3/c1-13-11-24(21(26)19-14(2)16-5-3-4-6-17(16)28-19)12-18-22-23-20(25(13)18)15-7-9-27-10-8-15/h3-6,13,15H,7-12H2,1-2H3/t13-/m0/s1. The molecule has 1 saturated heterocycles. The van der Waals surface area contributed by atoms with Crippen molar-refractivity contribution in [3.05, 3.63) is 47.2 Å². The van der Waals surface area contributed by atoms with Crippen molar-refractivity contribution < 1.29 is 13.9 Å². The Hall–Kier alpha value is -2.67. The number of rotatable bonds is 2. The molecule has 28 heavy (non-hydrogen) atoms. The Morgan fingerprint density at radius 1 is 1.18 bits per heavy atom. The average molecular weight is 380 g/mol. The van der Waals surface area contributed by atoms with Gasteiger partial charge in [-0.25, -0.2) is 0 Å². The summed E-state index contributed by atoms with van der Waals surface area (Å²) in [6, 6.07) is 7.89. The fourth-order valence-corrected chi connectivity index (χ4v) is 4.47. The first kappa shape index (κ1) is 17.4. The molecule has 2 aliphatic rings. The summed E-state index contributed by atoms with van der Waals surface area (Å²) in [7, 11) is 0. The van der Waals surface area contributed by atoms with E-state index < -0.39 is 0 Å². The van der Waals surface area contributed by atoms with E-state index >= 15 is 0 Å². The number of fused-ring (bicyclic) bond motifs is 2. The summed E-state index contributed by atoms with van der Waals surface area (Å²) in [5.74, 6) is 2.62. The van der Waals surface area contributed by atoms with Gasteiger partial charge in [-0.2, -0.15) is 0 Å². The number of aromatic nitrogens is 3. The molecule has 0 unspecified atom stereocenters. The van der Waals surface area contributed by atoms with Crippen molar-refractivity contribution in [3.63, 3.8) is 0 Å². The number of ether oxygens (including phenoxy) is 1. The largest absolute Gasteiger partial charge is 0.451 e. The van der Waals surface area contributed by atoms with Crippen LogP contribution in [0.4, 0.5) is 0 Å². The van der Waals surface area contributed by atoms with Gasteiger partial charge in [0, 0.05) is 36.6 Å². The van der Waals surface area contributed by atoms with Crippen molar-refractivity contribution in [2.75, 3.05) is 19.8 Å². The van der Waals surface area contributed by atoms with Crippen LogP contribution in [0.3, 0.4) is 0 Å². The van der Waals surface area contributed by atoms with Crippen LogP contribution in [-0.2, 0) is 11.3 Å². The van der Waals surface area contributed by atoms with E-state index in [1.807, 2.05) is 36.1 Å². The fourth-order valence-electron chi connectivity index (χ4n) is 4.47. The lowest BCUT2D eigenvalue weighted by Gasteiger charge is -2.33. The molecule has 1 amide bonds. The highest BCUT2D eigenvalue weighted by molar-refractivity contribution is 5.98. The van der Waals surface area contributed by atoms with Crippen LogP contribution in [0, 0.1) is 6.92 Å². The Morgan fingerprint density at radius 2 is 1.96 bits per heavy atom. The van der Waals surface area contributed by atoms with E-state index in [0.717, 1.165) is 54.2 Å². The van der Waals surface area contributed by atoms with Crippen LogP contribution in [0.15, 0.2) is 28.7 Å². The lowest BCUT2D eigenvalue weighted by molar-refractivity contribution is 0.0639. The van der Waals surface area contributed by atoms with Gasteiger partial charge >= 0.3 is 0 Å². The molecule has 1 fully saturated rings. The van der Waals surface area contributed by atoms with Crippen LogP contribution < -0.4 is 0 Å². The molecule has 3 aromatic rings. The zero-order valence-corrected chi connectivity index (χ0v) is 16.2. The first-order valence-corrected chi connectivity index (χ1v) is 9.92. The summed E-state index contributed by atoms with van der Waals surface area (Å²) >= 11 is 0. The maximum Gasteiger partial charge on any atom is 0.290 e. The van der Waals surface area contributed by atoms with Crippen molar-refractivity contribution in [3.8, 4) is 0 Å². The average Bonchev–Trinajstić information content (AvgIpc) is 3.30. The van der Waals surface area contributed by atoms with Gasteiger partial charge in [0.25, 0.3) is 5.91 Å². The van der Waals surface area contributed by atoms with Crippen LogP contribution in [0.5, 0.6) is 0 Å². The molecule has 2 aliphatic heterocycles. The van der Waals surface area contributed by atoms with Crippen molar-refractivity contribution >= 4 is 16.9 Å². The SMILES string of the molecule is Cc1c(C(=O)N2Cc3nnc(C4CCOCC4)n3[C@@H](C)C2)oc2ccccc12. The maximum absolute atomic E-state index is 13.2. The highest BCUT2D eigenvalue weighted by Crippen LogP contribution is 2.32. The summed E-state index contributed by atoms with van der Waals surface area (Å²) in [6.07, 6.45) is 1.96. The molecular weight excluding hydrogens is 356 g/mol. The van der Waals surface area contributed by atoms with Crippen molar-refractivity contribution in [2.24, 2.45) is 0 Å². The third-order valence-electron chi connectivity index (χ3n) is 5.96. The smallest absolute Gasteiger partial charge is 0.290 e. The number of carbonyl (C=O) groups excluding carboxylic acids is 1. The Morgan fingerprint density at radius 3 is 2.75 bits per heavy atom.